The summed E-state index contributed by atoms with van der Waals surface area (Å²) in [5.41, 5.74) is 0. The molecule has 0 atom stereocenters. The van der Waals surface area contributed by atoms with Gasteiger partial charge in [0.25, 0.3) is 0 Å². The molecule has 0 amide bonds. The van der Waals surface area contributed by atoms with Crippen LogP contribution in [0.5, 0.6) is 0 Å². The van der Waals surface area contributed by atoms with Gasteiger partial charge in [0.05, 0.1) is 6.54 Å². The largest absolute Gasteiger partial charge is 0.407 e. The fourth-order valence-corrected chi connectivity index (χ4v) is 0.922. The Morgan fingerprint density at radius 1 is 1.14 bits per heavy atom. The van der Waals surface area contributed by atoms with Gasteiger partial charge < -0.3 is 15.1 Å². The summed E-state index contributed by atoms with van der Waals surface area (Å²) in [5, 5.41) is 14.0. The van der Waals surface area contributed by atoms with Crippen LogP contribution in [-0.4, -0.2) is 22.3 Å². The van der Waals surface area contributed by atoms with Crippen molar-refractivity contribution in [1.82, 2.24) is 15.5 Å². The van der Waals surface area contributed by atoms with Crippen LogP contribution in [0.25, 0.3) is 0 Å². The number of rotatable bonds is 5. The van der Waals surface area contributed by atoms with Crippen LogP contribution in [0.15, 0.2) is 4.42 Å². The van der Waals surface area contributed by atoms with E-state index >= 15 is 0 Å². The number of hydrogen-bond acceptors (Lipinski definition) is 5. The van der Waals surface area contributed by atoms with E-state index in [-0.39, 0.29) is 0 Å². The molecule has 0 aliphatic carbocycles. The average molecular weight is 198 g/mol. The summed E-state index contributed by atoms with van der Waals surface area (Å²) in [4.78, 5) is 0. The molecule has 0 unspecified atom stereocenters. The molecule has 80 valence electrons. The summed E-state index contributed by atoms with van der Waals surface area (Å²) >= 11 is 0. The van der Waals surface area contributed by atoms with Gasteiger partial charge in [-0.3, -0.25) is 0 Å². The molecule has 1 aromatic rings. The molecule has 0 saturated carbocycles. The lowest BCUT2D eigenvalue weighted by molar-refractivity contribution is 0.457. The van der Waals surface area contributed by atoms with Gasteiger partial charge in [0.1, 0.15) is 0 Å². The third-order valence-electron chi connectivity index (χ3n) is 1.54. The van der Waals surface area contributed by atoms with E-state index in [0.717, 1.165) is 0 Å². The monoisotopic (exact) mass is 198 g/mol. The first-order valence-corrected chi connectivity index (χ1v) is 4.90. The molecule has 0 bridgehead atoms. The molecule has 0 radical (unpaired) electrons. The van der Waals surface area contributed by atoms with Crippen molar-refractivity contribution >= 4 is 6.01 Å². The van der Waals surface area contributed by atoms with Crippen LogP contribution in [-0.2, 0) is 6.54 Å². The Kier molecular flexibility index (Phi) is 3.88. The summed E-state index contributed by atoms with van der Waals surface area (Å²) in [6.45, 7) is 8.81. The Hall–Kier alpha value is -1.10. The molecule has 0 aromatic carbocycles. The number of hydrogen-bond donors (Lipinski definition) is 2. The maximum absolute atomic E-state index is 5.35. The first kappa shape index (κ1) is 11.0. The maximum atomic E-state index is 5.35. The van der Waals surface area contributed by atoms with Crippen LogP contribution in [0.2, 0.25) is 0 Å². The van der Waals surface area contributed by atoms with Gasteiger partial charge in [-0.25, -0.2) is 0 Å². The van der Waals surface area contributed by atoms with Crippen molar-refractivity contribution in [3.63, 3.8) is 0 Å². The van der Waals surface area contributed by atoms with Crippen LogP contribution in [0.4, 0.5) is 6.01 Å². The highest BCUT2D eigenvalue weighted by atomic mass is 16.4. The zero-order chi connectivity index (χ0) is 10.6. The highest BCUT2D eigenvalue weighted by molar-refractivity contribution is 5.17. The van der Waals surface area contributed by atoms with E-state index in [4.69, 9.17) is 4.42 Å². The SMILES string of the molecule is CC(C)NCc1nnc(NC(C)C)o1. The summed E-state index contributed by atoms with van der Waals surface area (Å²) in [6, 6.07) is 1.21. The minimum atomic E-state index is 0.307. The Morgan fingerprint density at radius 2 is 1.86 bits per heavy atom. The van der Waals surface area contributed by atoms with Gasteiger partial charge in [0.15, 0.2) is 0 Å². The van der Waals surface area contributed by atoms with E-state index in [0.29, 0.717) is 30.5 Å². The quantitative estimate of drug-likeness (QED) is 0.748. The normalized spacial score (nSPS) is 11.3. The molecule has 0 spiro atoms. The van der Waals surface area contributed by atoms with Crippen molar-refractivity contribution in [2.45, 2.75) is 46.3 Å². The first-order valence-electron chi connectivity index (χ1n) is 4.90. The summed E-state index contributed by atoms with van der Waals surface area (Å²) in [6.07, 6.45) is 0. The molecule has 0 saturated heterocycles. The Balaban J connectivity index is 2.42. The second-order valence-electron chi connectivity index (χ2n) is 3.84. The van der Waals surface area contributed by atoms with Crippen LogP contribution in [0, 0.1) is 0 Å². The molecule has 1 aromatic heterocycles. The molecular weight excluding hydrogens is 180 g/mol. The summed E-state index contributed by atoms with van der Waals surface area (Å²) in [5.74, 6) is 0.613. The fraction of sp³-hybridized carbons (Fsp3) is 0.778. The topological polar surface area (TPSA) is 63.0 Å². The van der Waals surface area contributed by atoms with E-state index in [2.05, 4.69) is 34.7 Å². The van der Waals surface area contributed by atoms with Crippen molar-refractivity contribution in [1.29, 1.82) is 0 Å². The lowest BCUT2D eigenvalue weighted by Gasteiger charge is -2.04. The van der Waals surface area contributed by atoms with E-state index in [9.17, 15) is 0 Å². The van der Waals surface area contributed by atoms with E-state index in [1.807, 2.05) is 13.8 Å². The third-order valence-corrected chi connectivity index (χ3v) is 1.54. The number of nitrogens with one attached hydrogen (secondary N) is 2. The van der Waals surface area contributed by atoms with Gasteiger partial charge in [-0.15, -0.1) is 5.10 Å². The van der Waals surface area contributed by atoms with E-state index in [1.165, 1.54) is 0 Å². The summed E-state index contributed by atoms with van der Waals surface area (Å²) in [7, 11) is 0. The van der Waals surface area contributed by atoms with Crippen LogP contribution < -0.4 is 10.6 Å². The van der Waals surface area contributed by atoms with Crippen molar-refractivity contribution in [2.75, 3.05) is 5.32 Å². The average Bonchev–Trinajstić information content (AvgIpc) is 2.47. The molecule has 5 heteroatoms. The molecule has 14 heavy (non-hydrogen) atoms. The second-order valence-corrected chi connectivity index (χ2v) is 3.84. The number of anilines is 1. The Morgan fingerprint density at radius 3 is 2.43 bits per heavy atom. The molecule has 2 N–H and O–H groups in total. The van der Waals surface area contributed by atoms with Crippen LogP contribution in [0.3, 0.4) is 0 Å². The van der Waals surface area contributed by atoms with Gasteiger partial charge in [-0.1, -0.05) is 18.9 Å². The molecule has 0 aliphatic heterocycles. The Labute approximate surface area is 84.3 Å². The van der Waals surface area contributed by atoms with Gasteiger partial charge in [-0.05, 0) is 13.8 Å². The number of nitrogens with zero attached hydrogens (tertiary/aromatic N) is 2. The highest BCUT2D eigenvalue weighted by Crippen LogP contribution is 2.06. The summed E-state index contributed by atoms with van der Waals surface area (Å²) < 4.78 is 5.35. The zero-order valence-electron chi connectivity index (χ0n) is 9.16. The second kappa shape index (κ2) is 4.95. The zero-order valence-corrected chi connectivity index (χ0v) is 9.16. The number of aromatic nitrogens is 2. The van der Waals surface area contributed by atoms with Gasteiger partial charge in [-0.2, -0.15) is 0 Å². The fourth-order valence-electron chi connectivity index (χ4n) is 0.922. The third kappa shape index (κ3) is 3.74. The highest BCUT2D eigenvalue weighted by Gasteiger charge is 2.06. The molecule has 0 aliphatic rings. The van der Waals surface area contributed by atoms with Gasteiger partial charge in [0, 0.05) is 12.1 Å². The molecule has 1 heterocycles. The minimum absolute atomic E-state index is 0.307. The minimum Gasteiger partial charge on any atom is -0.407 e. The molecule has 1 rings (SSSR count). The smallest absolute Gasteiger partial charge is 0.315 e. The van der Waals surface area contributed by atoms with E-state index in [1.54, 1.807) is 0 Å². The van der Waals surface area contributed by atoms with Crippen molar-refractivity contribution < 1.29 is 4.42 Å². The lowest BCUT2D eigenvalue weighted by Crippen LogP contribution is -2.21. The standard InChI is InChI=1S/C9H18N4O/c1-6(2)10-5-8-12-13-9(14-8)11-7(3)4/h6-7,10H,5H2,1-4H3,(H,11,13). The van der Waals surface area contributed by atoms with Crippen molar-refractivity contribution in [2.24, 2.45) is 0 Å². The molecular formula is C9H18N4O. The van der Waals surface area contributed by atoms with Crippen LogP contribution in [0.1, 0.15) is 33.6 Å². The maximum Gasteiger partial charge on any atom is 0.315 e. The predicted octanol–water partition coefficient (Wildman–Crippen LogP) is 1.39. The van der Waals surface area contributed by atoms with Gasteiger partial charge in [0.2, 0.25) is 5.89 Å². The van der Waals surface area contributed by atoms with Crippen molar-refractivity contribution in [3.8, 4) is 0 Å². The first-order chi connectivity index (χ1) is 6.58. The van der Waals surface area contributed by atoms with Crippen LogP contribution >= 0.6 is 0 Å². The predicted molar refractivity (Wildman–Crippen MR) is 55.0 cm³/mol. The molecule has 0 fully saturated rings. The Bertz CT molecular complexity index is 270. The van der Waals surface area contributed by atoms with Crippen molar-refractivity contribution in [3.05, 3.63) is 5.89 Å². The molecule has 5 nitrogen and oxygen atoms in total. The van der Waals surface area contributed by atoms with Gasteiger partial charge >= 0.3 is 6.01 Å². The lowest BCUT2D eigenvalue weighted by atomic mass is 10.4. The van der Waals surface area contributed by atoms with E-state index < -0.39 is 0 Å².